The van der Waals surface area contributed by atoms with E-state index in [0.717, 1.165) is 32.4 Å². The molecule has 1 aliphatic heterocycles. The van der Waals surface area contributed by atoms with Crippen molar-refractivity contribution in [2.24, 2.45) is 0 Å². The summed E-state index contributed by atoms with van der Waals surface area (Å²) in [7, 11) is 0. The van der Waals surface area contributed by atoms with Gasteiger partial charge in [-0.1, -0.05) is 24.6 Å². The van der Waals surface area contributed by atoms with Crippen molar-refractivity contribution in [1.29, 1.82) is 0 Å². The minimum absolute atomic E-state index is 0. The SMILES string of the molecule is CCCN(C(=O)c1cccc(F)c1Cl)C1CCNCC1.Cl. The second kappa shape index (κ2) is 8.57. The van der Waals surface area contributed by atoms with Crippen molar-refractivity contribution in [3.05, 3.63) is 34.6 Å². The second-order valence-corrected chi connectivity index (χ2v) is 5.46. The molecule has 0 aromatic heterocycles. The van der Waals surface area contributed by atoms with Crippen LogP contribution in [0.4, 0.5) is 4.39 Å². The van der Waals surface area contributed by atoms with Crippen LogP contribution in [0.3, 0.4) is 0 Å². The molecular formula is C15H21Cl2FN2O. The molecule has 1 aromatic carbocycles. The van der Waals surface area contributed by atoms with Gasteiger partial charge in [0.2, 0.25) is 0 Å². The highest BCUT2D eigenvalue weighted by Gasteiger charge is 2.27. The first-order chi connectivity index (χ1) is 9.65. The normalized spacial score (nSPS) is 15.4. The van der Waals surface area contributed by atoms with E-state index in [9.17, 15) is 9.18 Å². The number of carbonyl (C=O) groups excluding carboxylic acids is 1. The van der Waals surface area contributed by atoms with Crippen LogP contribution < -0.4 is 5.32 Å². The third-order valence-corrected chi connectivity index (χ3v) is 4.04. The van der Waals surface area contributed by atoms with Crippen molar-refractivity contribution >= 4 is 29.9 Å². The average Bonchev–Trinajstić information content (AvgIpc) is 2.48. The summed E-state index contributed by atoms with van der Waals surface area (Å²) < 4.78 is 13.5. The van der Waals surface area contributed by atoms with E-state index >= 15 is 0 Å². The summed E-state index contributed by atoms with van der Waals surface area (Å²) in [5.74, 6) is -0.706. The molecule has 0 spiro atoms. The quantitative estimate of drug-likeness (QED) is 0.913. The molecule has 2 rings (SSSR count). The van der Waals surface area contributed by atoms with Gasteiger partial charge in [-0.05, 0) is 44.5 Å². The van der Waals surface area contributed by atoms with E-state index in [2.05, 4.69) is 5.32 Å². The van der Waals surface area contributed by atoms with Crippen molar-refractivity contribution < 1.29 is 9.18 Å². The van der Waals surface area contributed by atoms with Gasteiger partial charge in [-0.3, -0.25) is 4.79 Å². The predicted octanol–water partition coefficient (Wildman–Crippen LogP) is 3.51. The van der Waals surface area contributed by atoms with Gasteiger partial charge in [-0.2, -0.15) is 0 Å². The average molecular weight is 335 g/mol. The summed E-state index contributed by atoms with van der Waals surface area (Å²) in [5.41, 5.74) is 0.263. The largest absolute Gasteiger partial charge is 0.336 e. The molecule has 1 fully saturated rings. The minimum atomic E-state index is -0.542. The molecule has 1 N–H and O–H groups in total. The minimum Gasteiger partial charge on any atom is -0.336 e. The number of rotatable bonds is 4. The molecule has 1 aromatic rings. The van der Waals surface area contributed by atoms with Crippen molar-refractivity contribution in [2.45, 2.75) is 32.2 Å². The lowest BCUT2D eigenvalue weighted by molar-refractivity contribution is 0.0642. The highest BCUT2D eigenvalue weighted by Crippen LogP contribution is 2.23. The van der Waals surface area contributed by atoms with Crippen LogP contribution in [0.2, 0.25) is 5.02 Å². The maximum absolute atomic E-state index is 13.5. The van der Waals surface area contributed by atoms with Crippen LogP contribution in [0.15, 0.2) is 18.2 Å². The van der Waals surface area contributed by atoms with Gasteiger partial charge in [0.15, 0.2) is 0 Å². The molecular weight excluding hydrogens is 314 g/mol. The van der Waals surface area contributed by atoms with Crippen LogP contribution in [-0.4, -0.2) is 36.5 Å². The van der Waals surface area contributed by atoms with Gasteiger partial charge in [-0.15, -0.1) is 12.4 Å². The first-order valence-corrected chi connectivity index (χ1v) is 7.48. The number of nitrogens with one attached hydrogen (secondary N) is 1. The zero-order valence-corrected chi connectivity index (χ0v) is 13.6. The van der Waals surface area contributed by atoms with Crippen LogP contribution >= 0.6 is 24.0 Å². The zero-order chi connectivity index (χ0) is 14.5. The van der Waals surface area contributed by atoms with E-state index in [0.29, 0.717) is 6.54 Å². The number of piperidine rings is 1. The zero-order valence-electron chi connectivity index (χ0n) is 12.1. The maximum atomic E-state index is 13.5. The Labute approximate surface area is 136 Å². The lowest BCUT2D eigenvalue weighted by Gasteiger charge is -2.34. The first-order valence-electron chi connectivity index (χ1n) is 7.10. The molecule has 21 heavy (non-hydrogen) atoms. The van der Waals surface area contributed by atoms with Crippen LogP contribution in [0.1, 0.15) is 36.5 Å². The lowest BCUT2D eigenvalue weighted by atomic mass is 10.0. The van der Waals surface area contributed by atoms with E-state index in [1.807, 2.05) is 11.8 Å². The summed E-state index contributed by atoms with van der Waals surface area (Å²) in [6.45, 7) is 4.54. The summed E-state index contributed by atoms with van der Waals surface area (Å²) >= 11 is 5.94. The Bertz CT molecular complexity index is 479. The molecule has 0 aliphatic carbocycles. The molecule has 0 unspecified atom stereocenters. The standard InChI is InChI=1S/C15H20ClFN2O.ClH/c1-2-10-19(11-6-8-18-9-7-11)15(20)12-4-3-5-13(17)14(12)16;/h3-5,11,18H,2,6-10H2,1H3;1H. The van der Waals surface area contributed by atoms with Gasteiger partial charge in [-0.25, -0.2) is 4.39 Å². The summed E-state index contributed by atoms with van der Waals surface area (Å²) in [5, 5.41) is 3.21. The Morgan fingerprint density at radius 3 is 2.71 bits per heavy atom. The molecule has 1 heterocycles. The number of nitrogens with zero attached hydrogens (tertiary/aromatic N) is 1. The van der Waals surface area contributed by atoms with E-state index in [4.69, 9.17) is 11.6 Å². The van der Waals surface area contributed by atoms with Gasteiger partial charge in [0.1, 0.15) is 5.82 Å². The number of hydrogen-bond donors (Lipinski definition) is 1. The maximum Gasteiger partial charge on any atom is 0.255 e. The third-order valence-electron chi connectivity index (χ3n) is 3.66. The van der Waals surface area contributed by atoms with E-state index in [1.165, 1.54) is 12.1 Å². The lowest BCUT2D eigenvalue weighted by Crippen LogP contribution is -2.46. The van der Waals surface area contributed by atoms with E-state index in [1.54, 1.807) is 6.07 Å². The van der Waals surface area contributed by atoms with Gasteiger partial charge in [0.05, 0.1) is 10.6 Å². The number of benzene rings is 1. The van der Waals surface area contributed by atoms with Crippen LogP contribution in [0, 0.1) is 5.82 Å². The van der Waals surface area contributed by atoms with Crippen LogP contribution in [0.5, 0.6) is 0 Å². The fraction of sp³-hybridized carbons (Fsp3) is 0.533. The Hall–Kier alpha value is -0.840. The number of carbonyl (C=O) groups is 1. The predicted molar refractivity (Wildman–Crippen MR) is 85.9 cm³/mol. The molecule has 118 valence electrons. The Morgan fingerprint density at radius 2 is 2.10 bits per heavy atom. The third kappa shape index (κ3) is 4.31. The Kier molecular flexibility index (Phi) is 7.43. The molecule has 3 nitrogen and oxygen atoms in total. The molecule has 1 aliphatic rings. The molecule has 6 heteroatoms. The first kappa shape index (κ1) is 18.2. The molecule has 1 amide bonds. The fourth-order valence-electron chi connectivity index (χ4n) is 2.63. The van der Waals surface area contributed by atoms with Crippen molar-refractivity contribution in [3.8, 4) is 0 Å². The van der Waals surface area contributed by atoms with Gasteiger partial charge in [0.25, 0.3) is 5.91 Å². The van der Waals surface area contributed by atoms with Crippen molar-refractivity contribution in [2.75, 3.05) is 19.6 Å². The van der Waals surface area contributed by atoms with E-state index < -0.39 is 5.82 Å². The van der Waals surface area contributed by atoms with Crippen LogP contribution in [-0.2, 0) is 0 Å². The summed E-state index contributed by atoms with van der Waals surface area (Å²) in [4.78, 5) is 14.5. The van der Waals surface area contributed by atoms with Crippen molar-refractivity contribution in [1.82, 2.24) is 10.2 Å². The second-order valence-electron chi connectivity index (χ2n) is 5.08. The van der Waals surface area contributed by atoms with Gasteiger partial charge in [0, 0.05) is 12.6 Å². The Balaban J connectivity index is 0.00000220. The highest BCUT2D eigenvalue weighted by atomic mass is 35.5. The number of halogens is 3. The number of amides is 1. The molecule has 0 radical (unpaired) electrons. The number of hydrogen-bond acceptors (Lipinski definition) is 2. The molecule has 1 saturated heterocycles. The fourth-order valence-corrected chi connectivity index (χ4v) is 2.84. The van der Waals surface area contributed by atoms with Crippen LogP contribution in [0.25, 0.3) is 0 Å². The smallest absolute Gasteiger partial charge is 0.255 e. The highest BCUT2D eigenvalue weighted by molar-refractivity contribution is 6.34. The van der Waals surface area contributed by atoms with Gasteiger partial charge < -0.3 is 10.2 Å². The molecule has 0 atom stereocenters. The van der Waals surface area contributed by atoms with Gasteiger partial charge >= 0.3 is 0 Å². The van der Waals surface area contributed by atoms with E-state index in [-0.39, 0.29) is 34.9 Å². The summed E-state index contributed by atoms with van der Waals surface area (Å²) in [6, 6.07) is 4.61. The Morgan fingerprint density at radius 1 is 1.43 bits per heavy atom. The molecule has 0 saturated carbocycles. The summed E-state index contributed by atoms with van der Waals surface area (Å²) in [6.07, 6.45) is 2.74. The van der Waals surface area contributed by atoms with Crippen molar-refractivity contribution in [3.63, 3.8) is 0 Å². The monoisotopic (exact) mass is 334 g/mol. The topological polar surface area (TPSA) is 32.3 Å². The molecule has 0 bridgehead atoms.